The highest BCUT2D eigenvalue weighted by atomic mass is 127. The van der Waals surface area contributed by atoms with Crippen LogP contribution in [0.15, 0.2) is 47.5 Å². The van der Waals surface area contributed by atoms with Crippen LogP contribution < -0.4 is 20.1 Å². The maximum absolute atomic E-state index is 12.9. The van der Waals surface area contributed by atoms with Crippen molar-refractivity contribution in [3.05, 3.63) is 53.9 Å². The molecule has 0 atom stereocenters. The first-order chi connectivity index (χ1) is 14.5. The summed E-state index contributed by atoms with van der Waals surface area (Å²) in [4.78, 5) is 8.80. The summed E-state index contributed by atoms with van der Waals surface area (Å²) in [7, 11) is 3.59. The van der Waals surface area contributed by atoms with Crippen LogP contribution in [-0.2, 0) is 20.1 Å². The first kappa shape index (κ1) is 24.6. The van der Waals surface area contributed by atoms with E-state index in [1.165, 1.54) is 0 Å². The third-order valence-electron chi connectivity index (χ3n) is 4.53. The van der Waals surface area contributed by atoms with Crippen molar-refractivity contribution in [3.63, 3.8) is 0 Å². The molecule has 3 rings (SSSR count). The van der Waals surface area contributed by atoms with Crippen LogP contribution in [0.5, 0.6) is 11.5 Å². The molecule has 10 heteroatoms. The van der Waals surface area contributed by atoms with Gasteiger partial charge in [-0.1, -0.05) is 24.3 Å². The molecule has 0 saturated heterocycles. The second kappa shape index (κ2) is 11.7. The van der Waals surface area contributed by atoms with Crippen molar-refractivity contribution in [2.45, 2.75) is 26.6 Å². The lowest BCUT2D eigenvalue weighted by atomic mass is 10.2. The Balaban J connectivity index is 0.00000341. The van der Waals surface area contributed by atoms with Gasteiger partial charge in [-0.05, 0) is 25.1 Å². The molecule has 0 aliphatic rings. The van der Waals surface area contributed by atoms with Gasteiger partial charge in [0.15, 0.2) is 17.5 Å². The molecule has 2 N–H and O–H groups in total. The smallest absolute Gasteiger partial charge is 0.387 e. The van der Waals surface area contributed by atoms with Crippen molar-refractivity contribution in [1.29, 1.82) is 0 Å². The van der Waals surface area contributed by atoms with Gasteiger partial charge >= 0.3 is 6.61 Å². The fourth-order valence-electron chi connectivity index (χ4n) is 3.11. The van der Waals surface area contributed by atoms with E-state index in [2.05, 4.69) is 20.6 Å². The van der Waals surface area contributed by atoms with Gasteiger partial charge in [-0.25, -0.2) is 4.98 Å². The number of ether oxygens (including phenoxy) is 2. The molecule has 0 fully saturated rings. The molecule has 0 saturated carbocycles. The molecule has 168 valence electrons. The van der Waals surface area contributed by atoms with Gasteiger partial charge in [-0.15, -0.1) is 24.0 Å². The summed E-state index contributed by atoms with van der Waals surface area (Å²) < 4.78 is 37.9. The highest BCUT2D eigenvalue weighted by Gasteiger charge is 2.16. The Morgan fingerprint density at radius 3 is 2.55 bits per heavy atom. The first-order valence-electron chi connectivity index (χ1n) is 9.57. The van der Waals surface area contributed by atoms with E-state index in [1.54, 1.807) is 32.2 Å². The van der Waals surface area contributed by atoms with E-state index in [0.29, 0.717) is 24.7 Å². The quantitative estimate of drug-likeness (QED) is 0.254. The number of aromatic nitrogens is 2. The van der Waals surface area contributed by atoms with Crippen molar-refractivity contribution in [2.75, 3.05) is 13.7 Å². The van der Waals surface area contributed by atoms with Crippen LogP contribution in [0.1, 0.15) is 18.3 Å². The number of nitrogens with zero attached hydrogens (tertiary/aromatic N) is 3. The summed E-state index contributed by atoms with van der Waals surface area (Å²) in [5, 5.41) is 6.31. The Kier molecular flexibility index (Phi) is 9.28. The van der Waals surface area contributed by atoms with Gasteiger partial charge in [0, 0.05) is 26.2 Å². The lowest BCUT2D eigenvalue weighted by Crippen LogP contribution is -2.37. The molecule has 1 heterocycles. The van der Waals surface area contributed by atoms with Gasteiger partial charge in [-0.3, -0.25) is 4.99 Å². The number of fused-ring (bicyclic) bond motifs is 1. The average molecular weight is 545 g/mol. The van der Waals surface area contributed by atoms with E-state index in [0.717, 1.165) is 16.9 Å². The van der Waals surface area contributed by atoms with Crippen molar-refractivity contribution < 1.29 is 18.3 Å². The predicted octanol–water partition coefficient (Wildman–Crippen LogP) is 4.06. The number of para-hydroxylation sites is 3. The lowest BCUT2D eigenvalue weighted by Gasteiger charge is -2.17. The molecule has 2 aromatic carbocycles. The molecule has 0 spiro atoms. The number of alkyl halides is 2. The molecule has 1 aromatic heterocycles. The number of rotatable bonds is 8. The molecule has 0 amide bonds. The zero-order valence-corrected chi connectivity index (χ0v) is 19.9. The maximum atomic E-state index is 12.9. The van der Waals surface area contributed by atoms with Gasteiger partial charge in [0.05, 0.1) is 24.2 Å². The summed E-state index contributed by atoms with van der Waals surface area (Å²) in [6.07, 6.45) is 0. The standard InChI is InChI=1S/C21H25F2N5O2.HI/c1-4-29-17-11-7-8-14(19(17)30-20(22)23)12-25-21(24-2)26-13-18-27-15-9-5-6-10-16(15)28(18)3;/h5-11,20H,4,12-13H2,1-3H3,(H2,24,25,26);1H. The zero-order chi connectivity index (χ0) is 21.5. The van der Waals surface area contributed by atoms with E-state index >= 15 is 0 Å². The van der Waals surface area contributed by atoms with E-state index in [4.69, 9.17) is 9.47 Å². The number of hydrogen-bond donors (Lipinski definition) is 2. The summed E-state index contributed by atoms with van der Waals surface area (Å²) in [6.45, 7) is -0.142. The van der Waals surface area contributed by atoms with Crippen LogP contribution in [0, 0.1) is 0 Å². The molecular weight excluding hydrogens is 519 g/mol. The number of aryl methyl sites for hydroxylation is 1. The number of imidazole rings is 1. The van der Waals surface area contributed by atoms with Gasteiger partial charge in [-0.2, -0.15) is 8.78 Å². The monoisotopic (exact) mass is 545 g/mol. The van der Waals surface area contributed by atoms with Gasteiger partial charge in [0.25, 0.3) is 0 Å². The maximum Gasteiger partial charge on any atom is 0.387 e. The van der Waals surface area contributed by atoms with Crippen LogP contribution in [-0.4, -0.2) is 35.8 Å². The Labute approximate surface area is 196 Å². The molecule has 31 heavy (non-hydrogen) atoms. The highest BCUT2D eigenvalue weighted by Crippen LogP contribution is 2.32. The highest BCUT2D eigenvalue weighted by molar-refractivity contribution is 14.0. The largest absolute Gasteiger partial charge is 0.490 e. The van der Waals surface area contributed by atoms with E-state index in [9.17, 15) is 8.78 Å². The van der Waals surface area contributed by atoms with Crippen LogP contribution in [0.4, 0.5) is 8.78 Å². The fourth-order valence-corrected chi connectivity index (χ4v) is 3.11. The third kappa shape index (κ3) is 6.18. The van der Waals surface area contributed by atoms with Crippen LogP contribution in [0.3, 0.4) is 0 Å². The number of benzene rings is 2. The normalized spacial score (nSPS) is 11.4. The number of aliphatic imine (C=N–C) groups is 1. The minimum Gasteiger partial charge on any atom is -0.490 e. The van der Waals surface area contributed by atoms with Crippen molar-refractivity contribution in [1.82, 2.24) is 20.2 Å². The average Bonchev–Trinajstić information content (AvgIpc) is 3.06. The second-order valence-corrected chi connectivity index (χ2v) is 6.41. The van der Waals surface area contributed by atoms with Gasteiger partial charge in [0.2, 0.25) is 0 Å². The Bertz CT molecular complexity index is 1030. The minimum absolute atomic E-state index is 0. The van der Waals surface area contributed by atoms with Crippen LogP contribution >= 0.6 is 24.0 Å². The molecule has 0 aliphatic heterocycles. The topological polar surface area (TPSA) is 72.7 Å². The van der Waals surface area contributed by atoms with Gasteiger partial charge in [0.1, 0.15) is 5.82 Å². The number of halogens is 3. The zero-order valence-electron chi connectivity index (χ0n) is 17.6. The number of nitrogens with one attached hydrogen (secondary N) is 2. The van der Waals surface area contributed by atoms with E-state index < -0.39 is 6.61 Å². The SMILES string of the molecule is CCOc1cccc(CNC(=NC)NCc2nc3ccccc3n2C)c1OC(F)F.I. The number of guanidine groups is 1. The lowest BCUT2D eigenvalue weighted by molar-refractivity contribution is -0.0520. The van der Waals surface area contributed by atoms with Crippen molar-refractivity contribution >= 4 is 41.0 Å². The molecule has 3 aromatic rings. The Morgan fingerprint density at radius 1 is 1.13 bits per heavy atom. The van der Waals surface area contributed by atoms with Crippen molar-refractivity contribution in [3.8, 4) is 11.5 Å². The number of hydrogen-bond acceptors (Lipinski definition) is 4. The Morgan fingerprint density at radius 2 is 1.87 bits per heavy atom. The third-order valence-corrected chi connectivity index (χ3v) is 4.53. The summed E-state index contributed by atoms with van der Waals surface area (Å²) in [5.74, 6) is 1.65. The summed E-state index contributed by atoms with van der Waals surface area (Å²) in [5.41, 5.74) is 2.49. The van der Waals surface area contributed by atoms with Crippen LogP contribution in [0.2, 0.25) is 0 Å². The second-order valence-electron chi connectivity index (χ2n) is 6.41. The molecule has 0 radical (unpaired) electrons. The summed E-state index contributed by atoms with van der Waals surface area (Å²) in [6, 6.07) is 12.9. The fraction of sp³-hybridized carbons (Fsp3) is 0.333. The molecule has 0 bridgehead atoms. The molecule has 0 aliphatic carbocycles. The van der Waals surface area contributed by atoms with Crippen molar-refractivity contribution in [2.24, 2.45) is 12.0 Å². The van der Waals surface area contributed by atoms with E-state index in [1.807, 2.05) is 35.9 Å². The summed E-state index contributed by atoms with van der Waals surface area (Å²) >= 11 is 0. The van der Waals surface area contributed by atoms with Crippen LogP contribution in [0.25, 0.3) is 11.0 Å². The molecule has 0 unspecified atom stereocenters. The molecule has 7 nitrogen and oxygen atoms in total. The Hall–Kier alpha value is -2.63. The van der Waals surface area contributed by atoms with E-state index in [-0.39, 0.29) is 42.0 Å². The minimum atomic E-state index is -2.94. The first-order valence-corrected chi connectivity index (χ1v) is 9.57. The molecular formula is C21H26F2IN5O2. The predicted molar refractivity (Wildman–Crippen MR) is 127 cm³/mol. The van der Waals surface area contributed by atoms with Gasteiger partial charge < -0.3 is 24.7 Å².